The Labute approximate surface area is 251 Å². The number of nitriles is 1. The number of nitrogens with two attached hydrogens (primary N) is 1. The van der Waals surface area contributed by atoms with Crippen LogP contribution in [0.5, 0.6) is 0 Å². The molecule has 3 atom stereocenters. The van der Waals surface area contributed by atoms with Gasteiger partial charge < -0.3 is 20.7 Å². The minimum Gasteiger partial charge on any atom is -0.372 e. The van der Waals surface area contributed by atoms with Crippen LogP contribution in [0.1, 0.15) is 72.1 Å². The Kier molecular flexibility index (Phi) is 13.2. The lowest BCUT2D eigenvalue weighted by molar-refractivity contribution is -0.169. The summed E-state index contributed by atoms with van der Waals surface area (Å²) in [4.78, 5) is 37.9. The molecule has 1 aromatic carbocycles. The summed E-state index contributed by atoms with van der Waals surface area (Å²) in [6.07, 6.45) is 4.78. The first kappa shape index (κ1) is 36.9. The highest BCUT2D eigenvalue weighted by molar-refractivity contribution is 5.91. The fourth-order valence-electron chi connectivity index (χ4n) is 4.37. The second-order valence-electron chi connectivity index (χ2n) is 11.9. The van der Waals surface area contributed by atoms with Crippen molar-refractivity contribution in [1.29, 1.82) is 5.26 Å². The summed E-state index contributed by atoms with van der Waals surface area (Å²) in [5.74, 6) is 1.12. The highest BCUT2D eigenvalue weighted by Crippen LogP contribution is 2.35. The molecule has 1 saturated heterocycles. The summed E-state index contributed by atoms with van der Waals surface area (Å²) < 4.78 is 37.9. The topological polar surface area (TPSA) is 138 Å². The van der Waals surface area contributed by atoms with Crippen LogP contribution in [0, 0.1) is 35.0 Å². The van der Waals surface area contributed by atoms with Crippen molar-refractivity contribution in [3.05, 3.63) is 41.7 Å². The van der Waals surface area contributed by atoms with Gasteiger partial charge >= 0.3 is 12.1 Å². The lowest BCUT2D eigenvalue weighted by atomic mass is 9.84. The molecule has 0 bridgehead atoms. The van der Waals surface area contributed by atoms with E-state index in [1.54, 1.807) is 18.5 Å². The Morgan fingerprint density at radius 3 is 2.35 bits per heavy atom. The molecule has 3 N–H and O–H groups in total. The van der Waals surface area contributed by atoms with Gasteiger partial charge in [0.15, 0.2) is 0 Å². The Morgan fingerprint density at radius 1 is 1.30 bits per heavy atom. The number of primary amides is 1. The Balaban J connectivity index is 0.000000354. The van der Waals surface area contributed by atoms with Gasteiger partial charge in [-0.3, -0.25) is 19.4 Å². The number of likely N-dealkylation sites (tertiary alicyclic amines) is 1. The standard InChI is InChI=1S/C15H29NO2.C14H9N3O.C2H2F3NO/c1-11-9-16(10-15(11,6)7)13(17)8-12(2)18-14(3,4)5;1-2-10-4-3-5-11-7-16-8-12(14(10)11)13(6-15)17-9-18;3-2(4,5)1(6)7/h11-12H,8-10H2,1-7H3;1,3-5,7-9,13H,(H,17,18);(H2,6,7)/t11?,12-;;/m1../s1. The van der Waals surface area contributed by atoms with Gasteiger partial charge in [-0.15, -0.1) is 6.42 Å². The minimum atomic E-state index is -4.86. The van der Waals surface area contributed by atoms with Crippen LogP contribution >= 0.6 is 0 Å². The van der Waals surface area contributed by atoms with Crippen LogP contribution < -0.4 is 11.1 Å². The van der Waals surface area contributed by atoms with Gasteiger partial charge in [0, 0.05) is 47.4 Å². The van der Waals surface area contributed by atoms with Gasteiger partial charge in [0.1, 0.15) is 6.04 Å². The van der Waals surface area contributed by atoms with Crippen LogP contribution in [0.4, 0.5) is 13.2 Å². The zero-order valence-corrected chi connectivity index (χ0v) is 25.6. The normalized spacial score (nSPS) is 17.1. The summed E-state index contributed by atoms with van der Waals surface area (Å²) in [5, 5.41) is 13.1. The van der Waals surface area contributed by atoms with Crippen LogP contribution in [0.3, 0.4) is 0 Å². The molecule has 2 unspecified atom stereocenters. The molecule has 1 aromatic heterocycles. The van der Waals surface area contributed by atoms with Crippen LogP contribution in [0.25, 0.3) is 10.8 Å². The van der Waals surface area contributed by atoms with Crippen molar-refractivity contribution < 1.29 is 32.3 Å². The number of terminal acetylenes is 1. The number of fused-ring (bicyclic) bond motifs is 1. The molecule has 0 saturated carbocycles. The number of halogens is 3. The van der Waals surface area contributed by atoms with E-state index in [4.69, 9.17) is 21.2 Å². The number of carbonyl (C=O) groups is 3. The predicted molar refractivity (Wildman–Crippen MR) is 157 cm³/mol. The molecule has 43 heavy (non-hydrogen) atoms. The fraction of sp³-hybridized carbons (Fsp3) is 0.516. The first-order valence-corrected chi connectivity index (χ1v) is 13.5. The van der Waals surface area contributed by atoms with E-state index in [2.05, 4.69) is 42.7 Å². The molecule has 2 heterocycles. The second kappa shape index (κ2) is 15.4. The highest BCUT2D eigenvalue weighted by Gasteiger charge is 2.38. The molecule has 234 valence electrons. The number of benzene rings is 1. The third-order valence-corrected chi connectivity index (χ3v) is 6.72. The zero-order valence-electron chi connectivity index (χ0n) is 25.6. The van der Waals surface area contributed by atoms with E-state index in [1.807, 2.05) is 50.8 Å². The van der Waals surface area contributed by atoms with Crippen molar-refractivity contribution in [2.75, 3.05) is 13.1 Å². The number of rotatable bonds is 6. The molecule has 1 fully saturated rings. The summed E-state index contributed by atoms with van der Waals surface area (Å²) >= 11 is 0. The molecule has 3 rings (SSSR count). The third kappa shape index (κ3) is 11.6. The maximum atomic E-state index is 12.2. The molecular weight excluding hydrogens is 563 g/mol. The molecule has 9 nitrogen and oxygen atoms in total. The van der Waals surface area contributed by atoms with Crippen molar-refractivity contribution in [3.8, 4) is 18.4 Å². The summed E-state index contributed by atoms with van der Waals surface area (Å²) in [5.41, 5.74) is 5.15. The van der Waals surface area contributed by atoms with Crippen molar-refractivity contribution in [3.63, 3.8) is 0 Å². The second-order valence-corrected chi connectivity index (χ2v) is 11.9. The van der Waals surface area contributed by atoms with Crippen molar-refractivity contribution in [2.24, 2.45) is 17.1 Å². The molecule has 0 spiro atoms. The molecule has 1 aliphatic heterocycles. The average molecular weight is 604 g/mol. The van der Waals surface area contributed by atoms with Crippen LogP contribution in [0.15, 0.2) is 30.6 Å². The van der Waals surface area contributed by atoms with E-state index in [0.717, 1.165) is 23.9 Å². The van der Waals surface area contributed by atoms with E-state index in [9.17, 15) is 22.8 Å². The number of ether oxygens (including phenoxy) is 1. The summed E-state index contributed by atoms with van der Waals surface area (Å²) in [6, 6.07) is 6.74. The number of aromatic nitrogens is 1. The number of carbonyl (C=O) groups excluding carboxylic acids is 3. The number of hydrogen-bond donors (Lipinski definition) is 2. The van der Waals surface area contributed by atoms with E-state index in [1.165, 1.54) is 0 Å². The van der Waals surface area contributed by atoms with Crippen molar-refractivity contribution >= 4 is 29.0 Å². The van der Waals surface area contributed by atoms with E-state index >= 15 is 0 Å². The van der Waals surface area contributed by atoms with Crippen molar-refractivity contribution in [2.45, 2.75) is 78.8 Å². The van der Waals surface area contributed by atoms with E-state index in [-0.39, 0.29) is 23.0 Å². The monoisotopic (exact) mass is 603 g/mol. The lowest BCUT2D eigenvalue weighted by Gasteiger charge is -2.26. The number of pyridine rings is 1. The van der Waals surface area contributed by atoms with E-state index < -0.39 is 18.1 Å². The van der Waals surface area contributed by atoms with Gasteiger partial charge in [-0.25, -0.2) is 0 Å². The number of amides is 3. The Bertz CT molecular complexity index is 1350. The van der Waals surface area contributed by atoms with E-state index in [0.29, 0.717) is 29.9 Å². The number of alkyl halides is 3. The smallest absolute Gasteiger partial charge is 0.372 e. The molecule has 0 radical (unpaired) electrons. The lowest BCUT2D eigenvalue weighted by Crippen LogP contribution is -2.35. The molecule has 1 aliphatic rings. The third-order valence-electron chi connectivity index (χ3n) is 6.72. The molecular formula is C31H40F3N5O4. The van der Waals surface area contributed by atoms with Crippen LogP contribution in [0.2, 0.25) is 0 Å². The van der Waals surface area contributed by atoms with Gasteiger partial charge in [0.25, 0.3) is 0 Å². The zero-order chi connectivity index (χ0) is 33.2. The van der Waals surface area contributed by atoms with Gasteiger partial charge in [0.05, 0.1) is 24.2 Å². The largest absolute Gasteiger partial charge is 0.470 e. The number of hydrogen-bond acceptors (Lipinski definition) is 6. The molecule has 0 aliphatic carbocycles. The Morgan fingerprint density at radius 2 is 1.91 bits per heavy atom. The first-order valence-electron chi connectivity index (χ1n) is 13.5. The van der Waals surface area contributed by atoms with Crippen LogP contribution in [-0.4, -0.2) is 59.1 Å². The predicted octanol–water partition coefficient (Wildman–Crippen LogP) is 4.65. The quantitative estimate of drug-likeness (QED) is 0.364. The van der Waals surface area contributed by atoms with Crippen LogP contribution in [-0.2, 0) is 19.1 Å². The molecule has 2 aromatic rings. The minimum absolute atomic E-state index is 0.0171. The van der Waals surface area contributed by atoms with Gasteiger partial charge in [0.2, 0.25) is 12.3 Å². The van der Waals surface area contributed by atoms with Gasteiger partial charge in [-0.05, 0) is 45.1 Å². The fourth-order valence-corrected chi connectivity index (χ4v) is 4.37. The van der Waals surface area contributed by atoms with Crippen molar-refractivity contribution in [1.82, 2.24) is 15.2 Å². The summed E-state index contributed by atoms with van der Waals surface area (Å²) in [6.45, 7) is 16.5. The Hall–Kier alpha value is -4.16. The van der Waals surface area contributed by atoms with Gasteiger partial charge in [-0.2, -0.15) is 18.4 Å². The number of nitrogens with one attached hydrogen (secondary N) is 1. The molecule has 3 amide bonds. The summed E-state index contributed by atoms with van der Waals surface area (Å²) in [7, 11) is 0. The maximum absolute atomic E-state index is 12.2. The first-order chi connectivity index (χ1) is 19.8. The SMILES string of the molecule is C#Cc1cccc2cncc(C(C#N)NC=O)c12.CC1CN(C(=O)C[C@@H](C)OC(C)(C)C)CC1(C)C.NC(=O)C(F)(F)F. The highest BCUT2D eigenvalue weighted by atomic mass is 19.4. The maximum Gasteiger partial charge on any atom is 0.470 e. The van der Waals surface area contributed by atoms with Gasteiger partial charge in [-0.1, -0.05) is 38.8 Å². The number of nitrogens with zero attached hydrogens (tertiary/aromatic N) is 3. The average Bonchev–Trinajstić information content (AvgIpc) is 3.17. The molecule has 12 heteroatoms.